The number of nitrogens with one attached hydrogen (secondary N) is 1. The molecule has 0 atom stereocenters. The molecular weight excluding hydrogens is 409 g/mol. The number of hydrazone groups is 1. The SMILES string of the molecule is COc1cc(/C=N/NC(=O)c2ccc(C)nc2)cc(I)c1OC. The fourth-order valence-corrected chi connectivity index (χ4v) is 2.69. The summed E-state index contributed by atoms with van der Waals surface area (Å²) in [5.41, 5.74) is 4.56. The highest BCUT2D eigenvalue weighted by molar-refractivity contribution is 14.1. The lowest BCUT2D eigenvalue weighted by molar-refractivity contribution is 0.0955. The molecule has 120 valence electrons. The Kier molecular flexibility index (Phi) is 5.91. The van der Waals surface area contributed by atoms with Crippen molar-refractivity contribution in [1.29, 1.82) is 0 Å². The smallest absolute Gasteiger partial charge is 0.272 e. The fourth-order valence-electron chi connectivity index (χ4n) is 1.84. The molecule has 23 heavy (non-hydrogen) atoms. The molecule has 0 aliphatic rings. The summed E-state index contributed by atoms with van der Waals surface area (Å²) in [6.45, 7) is 1.86. The highest BCUT2D eigenvalue weighted by atomic mass is 127. The number of pyridine rings is 1. The maximum Gasteiger partial charge on any atom is 0.272 e. The number of nitrogens with zero attached hydrogens (tertiary/aromatic N) is 2. The van der Waals surface area contributed by atoms with Crippen LogP contribution in [0.1, 0.15) is 21.6 Å². The van der Waals surface area contributed by atoms with E-state index in [1.165, 1.54) is 6.20 Å². The van der Waals surface area contributed by atoms with E-state index in [1.807, 2.05) is 13.0 Å². The first-order valence-electron chi connectivity index (χ1n) is 6.72. The topological polar surface area (TPSA) is 72.8 Å². The van der Waals surface area contributed by atoms with Gasteiger partial charge in [-0.15, -0.1) is 0 Å². The van der Waals surface area contributed by atoms with Crippen LogP contribution in [-0.2, 0) is 0 Å². The molecule has 0 bridgehead atoms. The number of amides is 1. The van der Waals surface area contributed by atoms with Crippen molar-refractivity contribution in [3.05, 3.63) is 50.9 Å². The molecule has 0 spiro atoms. The second kappa shape index (κ2) is 7.91. The Bertz CT molecular complexity index is 730. The lowest BCUT2D eigenvalue weighted by Gasteiger charge is -2.10. The third kappa shape index (κ3) is 4.41. The van der Waals surface area contributed by atoms with Gasteiger partial charge in [0.25, 0.3) is 5.91 Å². The van der Waals surface area contributed by atoms with Crippen molar-refractivity contribution in [3.63, 3.8) is 0 Å². The van der Waals surface area contributed by atoms with E-state index in [-0.39, 0.29) is 5.91 Å². The van der Waals surface area contributed by atoms with Gasteiger partial charge < -0.3 is 9.47 Å². The van der Waals surface area contributed by atoms with Gasteiger partial charge in [-0.3, -0.25) is 9.78 Å². The number of ether oxygens (including phenoxy) is 2. The van der Waals surface area contributed by atoms with Crippen LogP contribution in [-0.4, -0.2) is 31.3 Å². The van der Waals surface area contributed by atoms with Gasteiger partial charge in [0.15, 0.2) is 11.5 Å². The molecule has 2 rings (SSSR count). The molecule has 1 amide bonds. The van der Waals surface area contributed by atoms with Gasteiger partial charge in [0.05, 0.1) is 29.6 Å². The minimum atomic E-state index is -0.316. The van der Waals surface area contributed by atoms with E-state index in [0.717, 1.165) is 14.8 Å². The predicted molar refractivity (Wildman–Crippen MR) is 96.3 cm³/mol. The molecule has 0 aliphatic carbocycles. The van der Waals surface area contributed by atoms with Crippen LogP contribution in [0.4, 0.5) is 0 Å². The molecule has 0 unspecified atom stereocenters. The maximum atomic E-state index is 11.9. The van der Waals surface area contributed by atoms with Crippen LogP contribution >= 0.6 is 22.6 Å². The molecular formula is C16H16IN3O3. The van der Waals surface area contributed by atoms with Crippen LogP contribution in [0.15, 0.2) is 35.6 Å². The quantitative estimate of drug-likeness (QED) is 0.455. The number of methoxy groups -OCH3 is 2. The summed E-state index contributed by atoms with van der Waals surface area (Å²) in [5.74, 6) is 0.957. The van der Waals surface area contributed by atoms with Crippen LogP contribution in [0.5, 0.6) is 11.5 Å². The van der Waals surface area contributed by atoms with Gasteiger partial charge in [-0.2, -0.15) is 5.10 Å². The van der Waals surface area contributed by atoms with E-state index >= 15 is 0 Å². The first-order chi connectivity index (χ1) is 11.0. The number of carbonyl (C=O) groups excluding carboxylic acids is 1. The summed E-state index contributed by atoms with van der Waals surface area (Å²) in [5, 5.41) is 3.96. The van der Waals surface area contributed by atoms with E-state index in [0.29, 0.717) is 17.1 Å². The predicted octanol–water partition coefficient (Wildman–Crippen LogP) is 2.78. The number of benzene rings is 1. The summed E-state index contributed by atoms with van der Waals surface area (Å²) in [6, 6.07) is 7.14. The average Bonchev–Trinajstić information content (AvgIpc) is 2.54. The van der Waals surface area contributed by atoms with Crippen LogP contribution < -0.4 is 14.9 Å². The molecule has 6 nitrogen and oxygen atoms in total. The molecule has 0 aliphatic heterocycles. The van der Waals surface area contributed by atoms with E-state index < -0.39 is 0 Å². The van der Waals surface area contributed by atoms with Crippen LogP contribution in [0.3, 0.4) is 0 Å². The fraction of sp³-hybridized carbons (Fsp3) is 0.188. The number of hydrogen-bond donors (Lipinski definition) is 1. The Morgan fingerprint density at radius 1 is 1.30 bits per heavy atom. The Morgan fingerprint density at radius 3 is 2.70 bits per heavy atom. The minimum Gasteiger partial charge on any atom is -0.493 e. The molecule has 0 fully saturated rings. The molecule has 1 aromatic carbocycles. The highest BCUT2D eigenvalue weighted by Gasteiger charge is 2.09. The standard InChI is InChI=1S/C16H16IN3O3/c1-10-4-5-12(9-18-10)16(21)20-19-8-11-6-13(17)15(23-3)14(7-11)22-2/h4-9H,1-3H3,(H,20,21)/b19-8+. The van der Waals surface area contributed by atoms with Gasteiger partial charge in [-0.05, 0) is 59.3 Å². The van der Waals surface area contributed by atoms with Gasteiger partial charge >= 0.3 is 0 Å². The summed E-state index contributed by atoms with van der Waals surface area (Å²) < 4.78 is 11.4. The minimum absolute atomic E-state index is 0.316. The highest BCUT2D eigenvalue weighted by Crippen LogP contribution is 2.32. The number of aryl methyl sites for hydroxylation is 1. The Labute approximate surface area is 148 Å². The van der Waals surface area contributed by atoms with Gasteiger partial charge in [0.1, 0.15) is 0 Å². The van der Waals surface area contributed by atoms with Crippen LogP contribution in [0, 0.1) is 10.5 Å². The largest absolute Gasteiger partial charge is 0.493 e. The number of aromatic nitrogens is 1. The summed E-state index contributed by atoms with van der Waals surface area (Å²) >= 11 is 2.15. The molecule has 1 aromatic heterocycles. The number of rotatable bonds is 5. The summed E-state index contributed by atoms with van der Waals surface area (Å²) in [7, 11) is 3.16. The maximum absolute atomic E-state index is 11.9. The first kappa shape index (κ1) is 17.2. The third-order valence-electron chi connectivity index (χ3n) is 3.01. The molecule has 1 heterocycles. The Hall–Kier alpha value is -2.16. The van der Waals surface area contributed by atoms with Crippen molar-refractivity contribution in [2.75, 3.05) is 14.2 Å². The van der Waals surface area contributed by atoms with Gasteiger partial charge in [-0.1, -0.05) is 0 Å². The average molecular weight is 425 g/mol. The number of carbonyl (C=O) groups is 1. The van der Waals surface area contributed by atoms with Crippen LogP contribution in [0.2, 0.25) is 0 Å². The number of halogens is 1. The van der Waals surface area contributed by atoms with Crippen molar-refractivity contribution in [2.45, 2.75) is 6.92 Å². The van der Waals surface area contributed by atoms with Crippen molar-refractivity contribution < 1.29 is 14.3 Å². The monoisotopic (exact) mass is 425 g/mol. The van der Waals surface area contributed by atoms with Gasteiger partial charge in [0.2, 0.25) is 0 Å². The van der Waals surface area contributed by atoms with Crippen molar-refractivity contribution in [2.24, 2.45) is 5.10 Å². The second-order valence-electron chi connectivity index (χ2n) is 4.63. The molecule has 7 heteroatoms. The molecule has 1 N–H and O–H groups in total. The first-order valence-corrected chi connectivity index (χ1v) is 7.80. The van der Waals surface area contributed by atoms with Crippen molar-refractivity contribution in [1.82, 2.24) is 10.4 Å². The van der Waals surface area contributed by atoms with E-state index in [1.54, 1.807) is 38.6 Å². The number of hydrogen-bond acceptors (Lipinski definition) is 5. The lowest BCUT2D eigenvalue weighted by Crippen LogP contribution is -2.17. The van der Waals surface area contributed by atoms with E-state index in [9.17, 15) is 4.79 Å². The van der Waals surface area contributed by atoms with Crippen molar-refractivity contribution >= 4 is 34.7 Å². The zero-order valence-electron chi connectivity index (χ0n) is 13.0. The molecule has 0 saturated carbocycles. The molecule has 0 saturated heterocycles. The Balaban J connectivity index is 2.10. The lowest BCUT2D eigenvalue weighted by atomic mass is 10.2. The zero-order chi connectivity index (χ0) is 16.8. The second-order valence-corrected chi connectivity index (χ2v) is 5.79. The summed E-state index contributed by atoms with van der Waals surface area (Å²) in [4.78, 5) is 16.0. The Morgan fingerprint density at radius 2 is 2.09 bits per heavy atom. The van der Waals surface area contributed by atoms with Gasteiger partial charge in [0, 0.05) is 11.9 Å². The molecule has 0 radical (unpaired) electrons. The van der Waals surface area contributed by atoms with Crippen molar-refractivity contribution in [3.8, 4) is 11.5 Å². The van der Waals surface area contributed by atoms with Gasteiger partial charge in [-0.25, -0.2) is 5.43 Å². The normalized spacial score (nSPS) is 10.6. The zero-order valence-corrected chi connectivity index (χ0v) is 15.1. The third-order valence-corrected chi connectivity index (χ3v) is 3.81. The summed E-state index contributed by atoms with van der Waals surface area (Å²) in [6.07, 6.45) is 3.06. The van der Waals surface area contributed by atoms with Crippen LogP contribution in [0.25, 0.3) is 0 Å². The van der Waals surface area contributed by atoms with E-state index in [4.69, 9.17) is 9.47 Å². The van der Waals surface area contributed by atoms with E-state index in [2.05, 4.69) is 38.1 Å². The molecule has 2 aromatic rings.